The molecule has 2 rings (SSSR count). The molecule has 0 saturated carbocycles. The average Bonchev–Trinajstić information content (AvgIpc) is 2.49. The number of carbonyl (C=O) groups excluding carboxylic acids is 1. The molecule has 0 bridgehead atoms. The molecule has 2 aromatic rings. The maximum atomic E-state index is 10.4. The summed E-state index contributed by atoms with van der Waals surface area (Å²) < 4.78 is 0. The quantitative estimate of drug-likeness (QED) is 0.310. The minimum atomic E-state index is -0.407. The molecule has 0 aromatic heterocycles. The van der Waals surface area contributed by atoms with Crippen molar-refractivity contribution in [2.24, 2.45) is 5.84 Å². The SMILES string of the molecule is CC(C)(C)NN.Cc1ccccc1.Cl.Cl.O.O=C(Cl)c1ccccc1.[NaH]. The fourth-order valence-corrected chi connectivity index (χ4v) is 1.23. The van der Waals surface area contributed by atoms with E-state index in [9.17, 15) is 4.79 Å². The number of nitrogens with two attached hydrogens (primary N) is 1. The first kappa shape index (κ1) is 36.7. The molecular weight excluding hydrogens is 406 g/mol. The van der Waals surface area contributed by atoms with E-state index >= 15 is 0 Å². The summed E-state index contributed by atoms with van der Waals surface area (Å²) in [6, 6.07) is 19.0. The van der Waals surface area contributed by atoms with Gasteiger partial charge in [0.05, 0.1) is 0 Å². The molecule has 0 aliphatic rings. The van der Waals surface area contributed by atoms with E-state index in [-0.39, 0.29) is 65.4 Å². The van der Waals surface area contributed by atoms with Gasteiger partial charge in [-0.3, -0.25) is 16.1 Å². The van der Waals surface area contributed by atoms with Gasteiger partial charge in [-0.15, -0.1) is 24.8 Å². The van der Waals surface area contributed by atoms with Crippen molar-refractivity contribution in [2.75, 3.05) is 0 Å². The van der Waals surface area contributed by atoms with Crippen LogP contribution in [0.5, 0.6) is 0 Å². The van der Waals surface area contributed by atoms with E-state index in [2.05, 4.69) is 24.5 Å². The van der Waals surface area contributed by atoms with Crippen LogP contribution in [-0.4, -0.2) is 45.8 Å². The molecule has 0 spiro atoms. The van der Waals surface area contributed by atoms with Crippen molar-refractivity contribution in [3.63, 3.8) is 0 Å². The Hall–Kier alpha value is -0.140. The van der Waals surface area contributed by atoms with Gasteiger partial charge in [-0.2, -0.15) is 0 Å². The number of hydrazine groups is 1. The van der Waals surface area contributed by atoms with Crippen LogP contribution in [0.25, 0.3) is 0 Å². The number of halogens is 3. The van der Waals surface area contributed by atoms with Gasteiger partial charge in [0.1, 0.15) is 0 Å². The zero-order chi connectivity index (χ0) is 17.0. The Bertz CT molecular complexity index is 539. The molecule has 0 atom stereocenters. The number of hydrogen-bond acceptors (Lipinski definition) is 3. The van der Waals surface area contributed by atoms with E-state index in [4.69, 9.17) is 17.4 Å². The molecule has 0 aliphatic heterocycles. The summed E-state index contributed by atoms with van der Waals surface area (Å²) in [7, 11) is 0. The Morgan fingerprint density at radius 1 is 0.923 bits per heavy atom. The summed E-state index contributed by atoms with van der Waals surface area (Å²) in [4.78, 5) is 10.4. The molecule has 146 valence electrons. The first-order valence-corrected chi connectivity index (χ1v) is 7.38. The molecule has 5 N–H and O–H groups in total. The van der Waals surface area contributed by atoms with Crippen molar-refractivity contribution < 1.29 is 10.3 Å². The first-order valence-electron chi connectivity index (χ1n) is 7.00. The molecular formula is C18H30Cl3N2NaO2. The van der Waals surface area contributed by atoms with Gasteiger partial charge in [-0.1, -0.05) is 66.2 Å². The maximum absolute atomic E-state index is 10.4. The third-order valence-electron chi connectivity index (χ3n) is 2.37. The van der Waals surface area contributed by atoms with Gasteiger partial charge in [0, 0.05) is 11.1 Å². The van der Waals surface area contributed by atoms with E-state index in [0.29, 0.717) is 5.56 Å². The van der Waals surface area contributed by atoms with Crippen LogP contribution >= 0.6 is 36.4 Å². The predicted molar refractivity (Wildman–Crippen MR) is 120 cm³/mol. The van der Waals surface area contributed by atoms with Crippen LogP contribution in [0.15, 0.2) is 60.7 Å². The summed E-state index contributed by atoms with van der Waals surface area (Å²) in [5.74, 6) is 5.06. The molecule has 0 aliphatic carbocycles. The van der Waals surface area contributed by atoms with Crippen LogP contribution in [0.1, 0.15) is 36.7 Å². The van der Waals surface area contributed by atoms with Crippen molar-refractivity contribution in [2.45, 2.75) is 33.2 Å². The minimum absolute atomic E-state index is 0. The van der Waals surface area contributed by atoms with Crippen LogP contribution in [0.4, 0.5) is 0 Å². The predicted octanol–water partition coefficient (Wildman–Crippen LogP) is 3.68. The van der Waals surface area contributed by atoms with Crippen LogP contribution in [-0.2, 0) is 0 Å². The number of nitrogens with one attached hydrogen (secondary N) is 1. The topological polar surface area (TPSA) is 86.6 Å². The monoisotopic (exact) mass is 434 g/mol. The number of rotatable bonds is 1. The van der Waals surface area contributed by atoms with Crippen LogP contribution in [0, 0.1) is 6.92 Å². The van der Waals surface area contributed by atoms with Crippen molar-refractivity contribution in [3.05, 3.63) is 71.8 Å². The second-order valence-electron chi connectivity index (χ2n) is 5.69. The van der Waals surface area contributed by atoms with Crippen molar-refractivity contribution in [1.29, 1.82) is 0 Å². The average molecular weight is 436 g/mol. The van der Waals surface area contributed by atoms with Crippen LogP contribution in [0.2, 0.25) is 0 Å². The fraction of sp³-hybridized carbons (Fsp3) is 0.278. The number of benzene rings is 2. The Kier molecular flexibility index (Phi) is 29.9. The Balaban J connectivity index is -0.0000000803. The second-order valence-corrected chi connectivity index (χ2v) is 6.03. The van der Waals surface area contributed by atoms with Crippen LogP contribution < -0.4 is 11.3 Å². The van der Waals surface area contributed by atoms with E-state index in [0.717, 1.165) is 0 Å². The molecule has 4 nitrogen and oxygen atoms in total. The molecule has 26 heavy (non-hydrogen) atoms. The zero-order valence-corrected chi connectivity index (χ0v) is 17.3. The zero-order valence-electron chi connectivity index (χ0n) is 15.0. The van der Waals surface area contributed by atoms with Gasteiger partial charge in [0.2, 0.25) is 0 Å². The molecule has 2 aromatic carbocycles. The van der Waals surface area contributed by atoms with Gasteiger partial charge in [-0.25, -0.2) is 0 Å². The van der Waals surface area contributed by atoms with E-state index < -0.39 is 5.24 Å². The molecule has 0 saturated heterocycles. The van der Waals surface area contributed by atoms with Crippen molar-refractivity contribution in [3.8, 4) is 0 Å². The summed E-state index contributed by atoms with van der Waals surface area (Å²) >= 11 is 5.16. The summed E-state index contributed by atoms with van der Waals surface area (Å²) in [6.07, 6.45) is 0. The summed E-state index contributed by atoms with van der Waals surface area (Å²) in [5.41, 5.74) is 4.54. The van der Waals surface area contributed by atoms with Gasteiger partial charge in [0.15, 0.2) is 0 Å². The van der Waals surface area contributed by atoms with Gasteiger partial charge >= 0.3 is 29.6 Å². The third-order valence-corrected chi connectivity index (χ3v) is 2.59. The molecule has 0 unspecified atom stereocenters. The number of carbonyl (C=O) groups is 1. The number of aryl methyl sites for hydroxylation is 1. The normalized spacial score (nSPS) is 8.23. The Labute approximate surface area is 196 Å². The summed E-state index contributed by atoms with van der Waals surface area (Å²) in [5, 5.41) is -0.407. The molecule has 8 heteroatoms. The Morgan fingerprint density at radius 2 is 1.23 bits per heavy atom. The van der Waals surface area contributed by atoms with Gasteiger partial charge < -0.3 is 5.48 Å². The molecule has 0 heterocycles. The Morgan fingerprint density at radius 3 is 1.38 bits per heavy atom. The molecule has 0 radical (unpaired) electrons. The summed E-state index contributed by atoms with van der Waals surface area (Å²) in [6.45, 7) is 8.10. The van der Waals surface area contributed by atoms with Crippen molar-refractivity contribution in [1.82, 2.24) is 5.43 Å². The van der Waals surface area contributed by atoms with Crippen molar-refractivity contribution >= 4 is 71.2 Å². The standard InChI is InChI=1S/C7H5ClO.C7H8.C4H12N2.2ClH.Na.H2O.H/c8-7(9)6-4-2-1-3-5-6;1-7-5-3-2-4-6-7;1-4(2,3)6-5;;;;;/h1-5H;2-6H,1H3;6H,5H2,1-3H3;2*1H;;1H2;. The molecule has 0 fully saturated rings. The molecule has 0 amide bonds. The van der Waals surface area contributed by atoms with E-state index in [1.54, 1.807) is 24.3 Å². The first-order chi connectivity index (χ1) is 10.3. The second kappa shape index (κ2) is 21.2. The third kappa shape index (κ3) is 23.9. The van der Waals surface area contributed by atoms with Gasteiger partial charge in [-0.05, 0) is 39.3 Å². The van der Waals surface area contributed by atoms with Crippen LogP contribution in [0.3, 0.4) is 0 Å². The van der Waals surface area contributed by atoms with Gasteiger partial charge in [0.25, 0.3) is 5.24 Å². The fourth-order valence-electron chi connectivity index (χ4n) is 1.10. The van der Waals surface area contributed by atoms with E-state index in [1.165, 1.54) is 5.56 Å². The van der Waals surface area contributed by atoms with E-state index in [1.807, 2.05) is 45.0 Å². The number of hydrogen-bond donors (Lipinski definition) is 2.